The zero-order valence-corrected chi connectivity index (χ0v) is 10.2. The van der Waals surface area contributed by atoms with Crippen LogP contribution in [-0.2, 0) is 0 Å². The molecule has 0 saturated carbocycles. The van der Waals surface area contributed by atoms with Crippen molar-refractivity contribution in [3.8, 4) is 0 Å². The van der Waals surface area contributed by atoms with Crippen LogP contribution < -0.4 is 10.6 Å². The summed E-state index contributed by atoms with van der Waals surface area (Å²) in [6.07, 6.45) is 2.63. The SMILES string of the molecule is CN[C@@H](c1ccccc1)[C@@H](C)C1CCCN1. The molecule has 1 aromatic carbocycles. The number of nitrogens with one attached hydrogen (secondary N) is 2. The summed E-state index contributed by atoms with van der Waals surface area (Å²) in [5.74, 6) is 0.634. The van der Waals surface area contributed by atoms with E-state index in [2.05, 4.69) is 54.9 Å². The molecule has 2 N–H and O–H groups in total. The molecule has 1 aromatic rings. The lowest BCUT2D eigenvalue weighted by atomic mass is 9.88. The summed E-state index contributed by atoms with van der Waals surface area (Å²) in [7, 11) is 2.06. The van der Waals surface area contributed by atoms with Crippen LogP contribution in [0.1, 0.15) is 31.4 Å². The first-order valence-corrected chi connectivity index (χ1v) is 6.28. The Morgan fingerprint density at radius 2 is 2.06 bits per heavy atom. The predicted octanol–water partition coefficient (Wildman–Crippen LogP) is 2.34. The fraction of sp³-hybridized carbons (Fsp3) is 0.571. The van der Waals surface area contributed by atoms with E-state index in [0.29, 0.717) is 18.0 Å². The molecule has 16 heavy (non-hydrogen) atoms. The van der Waals surface area contributed by atoms with Gasteiger partial charge in [-0.05, 0) is 37.9 Å². The first kappa shape index (κ1) is 11.6. The van der Waals surface area contributed by atoms with Gasteiger partial charge in [0.1, 0.15) is 0 Å². The number of hydrogen-bond donors (Lipinski definition) is 2. The molecule has 3 atom stereocenters. The molecule has 1 fully saturated rings. The first-order chi connectivity index (χ1) is 7.83. The van der Waals surface area contributed by atoms with E-state index in [4.69, 9.17) is 0 Å². The van der Waals surface area contributed by atoms with Crippen molar-refractivity contribution in [1.29, 1.82) is 0 Å². The summed E-state index contributed by atoms with van der Waals surface area (Å²) < 4.78 is 0. The van der Waals surface area contributed by atoms with Gasteiger partial charge in [-0.3, -0.25) is 0 Å². The normalized spacial score (nSPS) is 24.2. The van der Waals surface area contributed by atoms with Gasteiger partial charge < -0.3 is 10.6 Å². The van der Waals surface area contributed by atoms with Gasteiger partial charge in [-0.15, -0.1) is 0 Å². The van der Waals surface area contributed by atoms with Gasteiger partial charge >= 0.3 is 0 Å². The number of benzene rings is 1. The highest BCUT2D eigenvalue weighted by Crippen LogP contribution is 2.27. The van der Waals surface area contributed by atoms with Crippen LogP contribution in [0.25, 0.3) is 0 Å². The van der Waals surface area contributed by atoms with Gasteiger partial charge in [0.2, 0.25) is 0 Å². The Morgan fingerprint density at radius 3 is 2.62 bits per heavy atom. The van der Waals surface area contributed by atoms with Crippen molar-refractivity contribution in [2.75, 3.05) is 13.6 Å². The molecule has 0 amide bonds. The van der Waals surface area contributed by atoms with Crippen LogP contribution in [0.2, 0.25) is 0 Å². The van der Waals surface area contributed by atoms with E-state index in [0.717, 1.165) is 0 Å². The fourth-order valence-electron chi connectivity index (χ4n) is 2.79. The molecule has 88 valence electrons. The van der Waals surface area contributed by atoms with Crippen molar-refractivity contribution in [1.82, 2.24) is 10.6 Å². The van der Waals surface area contributed by atoms with E-state index in [1.54, 1.807) is 0 Å². The van der Waals surface area contributed by atoms with E-state index in [1.165, 1.54) is 24.9 Å². The standard InChI is InChI=1S/C14H22N2/c1-11(13-9-6-10-16-13)14(15-2)12-7-4-3-5-8-12/h3-5,7-8,11,13-16H,6,9-10H2,1-2H3/t11-,13?,14+/m0/s1. The minimum Gasteiger partial charge on any atom is -0.314 e. The Bertz CT molecular complexity index is 304. The quantitative estimate of drug-likeness (QED) is 0.810. The monoisotopic (exact) mass is 218 g/mol. The van der Waals surface area contributed by atoms with Crippen molar-refractivity contribution in [2.24, 2.45) is 5.92 Å². The third-order valence-corrected chi connectivity index (χ3v) is 3.73. The Kier molecular flexibility index (Phi) is 3.97. The van der Waals surface area contributed by atoms with E-state index < -0.39 is 0 Å². The van der Waals surface area contributed by atoms with Crippen LogP contribution in [0.15, 0.2) is 30.3 Å². The van der Waals surface area contributed by atoms with Gasteiger partial charge in [0.05, 0.1) is 0 Å². The summed E-state index contributed by atoms with van der Waals surface area (Å²) in [5, 5.41) is 7.06. The molecule has 1 aliphatic rings. The Balaban J connectivity index is 2.09. The molecule has 1 unspecified atom stereocenters. The van der Waals surface area contributed by atoms with Gasteiger partial charge in [0.25, 0.3) is 0 Å². The molecular formula is C14H22N2. The zero-order chi connectivity index (χ0) is 11.4. The number of hydrogen-bond acceptors (Lipinski definition) is 2. The third kappa shape index (κ3) is 2.45. The maximum atomic E-state index is 3.60. The summed E-state index contributed by atoms with van der Waals surface area (Å²) in [4.78, 5) is 0. The molecule has 2 rings (SSSR count). The summed E-state index contributed by atoms with van der Waals surface area (Å²) in [6.45, 7) is 3.53. The van der Waals surface area contributed by atoms with E-state index in [1.807, 2.05) is 0 Å². The van der Waals surface area contributed by atoms with Crippen LogP contribution >= 0.6 is 0 Å². The Hall–Kier alpha value is -0.860. The predicted molar refractivity (Wildman–Crippen MR) is 68.4 cm³/mol. The smallest absolute Gasteiger partial charge is 0.0358 e. The van der Waals surface area contributed by atoms with Gasteiger partial charge in [0, 0.05) is 12.1 Å². The van der Waals surface area contributed by atoms with Gasteiger partial charge in [-0.1, -0.05) is 37.3 Å². The summed E-state index contributed by atoms with van der Waals surface area (Å²) in [6, 6.07) is 11.9. The van der Waals surface area contributed by atoms with E-state index in [-0.39, 0.29) is 0 Å². The van der Waals surface area contributed by atoms with Crippen molar-refractivity contribution in [2.45, 2.75) is 31.8 Å². The zero-order valence-electron chi connectivity index (χ0n) is 10.2. The lowest BCUT2D eigenvalue weighted by Gasteiger charge is -2.29. The average Bonchev–Trinajstić information content (AvgIpc) is 2.85. The van der Waals surface area contributed by atoms with Crippen LogP contribution in [-0.4, -0.2) is 19.6 Å². The minimum atomic E-state index is 0.455. The molecule has 0 aromatic heterocycles. The van der Waals surface area contributed by atoms with E-state index >= 15 is 0 Å². The minimum absolute atomic E-state index is 0.455. The van der Waals surface area contributed by atoms with Crippen molar-refractivity contribution < 1.29 is 0 Å². The molecule has 1 heterocycles. The maximum Gasteiger partial charge on any atom is 0.0358 e. The fourth-order valence-corrected chi connectivity index (χ4v) is 2.79. The van der Waals surface area contributed by atoms with Crippen LogP contribution in [0.4, 0.5) is 0 Å². The van der Waals surface area contributed by atoms with Gasteiger partial charge in [-0.2, -0.15) is 0 Å². The maximum absolute atomic E-state index is 3.60. The molecule has 1 aliphatic heterocycles. The first-order valence-electron chi connectivity index (χ1n) is 6.28. The Labute approximate surface area is 98.4 Å². The molecule has 0 aliphatic carbocycles. The molecule has 0 spiro atoms. The van der Waals surface area contributed by atoms with Crippen LogP contribution in [0.3, 0.4) is 0 Å². The Morgan fingerprint density at radius 1 is 1.31 bits per heavy atom. The van der Waals surface area contributed by atoms with Gasteiger partial charge in [0.15, 0.2) is 0 Å². The highest BCUT2D eigenvalue weighted by molar-refractivity contribution is 5.20. The largest absolute Gasteiger partial charge is 0.314 e. The molecule has 1 saturated heterocycles. The molecule has 2 nitrogen and oxygen atoms in total. The van der Waals surface area contributed by atoms with Crippen LogP contribution in [0.5, 0.6) is 0 Å². The number of rotatable bonds is 4. The van der Waals surface area contributed by atoms with E-state index in [9.17, 15) is 0 Å². The highest BCUT2D eigenvalue weighted by Gasteiger charge is 2.27. The lowest BCUT2D eigenvalue weighted by Crippen LogP contribution is -2.37. The average molecular weight is 218 g/mol. The topological polar surface area (TPSA) is 24.1 Å². The molecule has 2 heteroatoms. The molecule has 0 bridgehead atoms. The second-order valence-electron chi connectivity index (χ2n) is 4.74. The van der Waals surface area contributed by atoms with Gasteiger partial charge in [-0.25, -0.2) is 0 Å². The van der Waals surface area contributed by atoms with Crippen molar-refractivity contribution in [3.05, 3.63) is 35.9 Å². The van der Waals surface area contributed by atoms with Crippen molar-refractivity contribution >= 4 is 0 Å². The van der Waals surface area contributed by atoms with Crippen molar-refractivity contribution in [3.63, 3.8) is 0 Å². The second-order valence-corrected chi connectivity index (χ2v) is 4.74. The van der Waals surface area contributed by atoms with Crippen LogP contribution in [0, 0.1) is 5.92 Å². The summed E-state index contributed by atoms with van der Waals surface area (Å²) >= 11 is 0. The highest BCUT2D eigenvalue weighted by atomic mass is 15.0. The molecular weight excluding hydrogens is 196 g/mol. The lowest BCUT2D eigenvalue weighted by molar-refractivity contribution is 0.324. The summed E-state index contributed by atoms with van der Waals surface area (Å²) in [5.41, 5.74) is 1.39. The molecule has 0 radical (unpaired) electrons. The second kappa shape index (κ2) is 5.46. The third-order valence-electron chi connectivity index (χ3n) is 3.73.